The van der Waals surface area contributed by atoms with Gasteiger partial charge in [-0.15, -0.1) is 0 Å². The van der Waals surface area contributed by atoms with Crippen molar-refractivity contribution in [1.29, 1.82) is 0 Å². The van der Waals surface area contributed by atoms with E-state index >= 15 is 0 Å². The average molecular weight is 593 g/mol. The second-order valence-electron chi connectivity index (χ2n) is 10.7. The van der Waals surface area contributed by atoms with Crippen LogP contribution in [0.15, 0.2) is 9.98 Å². The van der Waals surface area contributed by atoms with Gasteiger partial charge in [-0.25, -0.2) is 0 Å². The van der Waals surface area contributed by atoms with E-state index in [0.29, 0.717) is 16.8 Å². The minimum atomic E-state index is 0.370. The summed E-state index contributed by atoms with van der Waals surface area (Å²) in [5, 5.41) is 7.04. The van der Waals surface area contributed by atoms with Gasteiger partial charge in [0.1, 0.15) is 0 Å². The molecule has 4 aliphatic rings. The molecule has 0 aromatic rings. The maximum Gasteiger partial charge on any atom is 0.194 e. The maximum absolute atomic E-state index is 5.33. The minimum Gasteiger partial charge on any atom is -0.353 e. The summed E-state index contributed by atoms with van der Waals surface area (Å²) < 4.78 is 5.70. The van der Waals surface area contributed by atoms with Gasteiger partial charge in [-0.1, -0.05) is 48.5 Å². The molecule has 226 valence electrons. The third-order valence-electron chi connectivity index (χ3n) is 6.13. The Morgan fingerprint density at radius 1 is 0.895 bits per heavy atom. The quantitative estimate of drug-likeness (QED) is 0.263. The Morgan fingerprint density at radius 3 is 1.79 bits per heavy atom. The first-order valence-corrected chi connectivity index (χ1v) is 17.8. The van der Waals surface area contributed by atoms with Gasteiger partial charge < -0.3 is 24.6 Å². The molecule has 2 fully saturated rings. The summed E-state index contributed by atoms with van der Waals surface area (Å²) >= 11 is 6.92. The van der Waals surface area contributed by atoms with Gasteiger partial charge in [-0.2, -0.15) is 24.4 Å². The number of guanidine groups is 2. The first-order chi connectivity index (χ1) is 18.2. The van der Waals surface area contributed by atoms with Crippen molar-refractivity contribution in [2.24, 2.45) is 15.9 Å². The molecular weight excluding hydrogens is 533 g/mol. The smallest absolute Gasteiger partial charge is 0.194 e. The van der Waals surface area contributed by atoms with Crippen LogP contribution in [0.25, 0.3) is 0 Å². The lowest BCUT2D eigenvalue weighted by Gasteiger charge is -2.40. The second kappa shape index (κ2) is 22.3. The van der Waals surface area contributed by atoms with Crippen LogP contribution in [0.3, 0.4) is 0 Å². The first kappa shape index (κ1) is 37.6. The van der Waals surface area contributed by atoms with E-state index in [4.69, 9.17) is 4.18 Å². The van der Waals surface area contributed by atoms with Crippen molar-refractivity contribution in [3.63, 3.8) is 0 Å². The molecule has 0 saturated carbocycles. The van der Waals surface area contributed by atoms with Gasteiger partial charge in [0.25, 0.3) is 0 Å². The zero-order valence-corrected chi connectivity index (χ0v) is 28.7. The molecule has 4 rings (SSSR count). The molecule has 0 aromatic carbocycles. The third-order valence-corrected chi connectivity index (χ3v) is 7.78. The molecule has 7 nitrogen and oxygen atoms in total. The summed E-state index contributed by atoms with van der Waals surface area (Å²) in [6, 6.07) is 1.05. The molecule has 0 bridgehead atoms. The third kappa shape index (κ3) is 16.0. The molecule has 10 heteroatoms. The molecule has 2 saturated heterocycles. The lowest BCUT2D eigenvalue weighted by Crippen LogP contribution is -2.55. The predicted octanol–water partition coefficient (Wildman–Crippen LogP) is 5.88. The molecule has 4 heterocycles. The van der Waals surface area contributed by atoms with E-state index in [1.54, 1.807) is 6.26 Å². The van der Waals surface area contributed by atoms with Crippen molar-refractivity contribution in [3.05, 3.63) is 0 Å². The largest absolute Gasteiger partial charge is 0.353 e. The average Bonchev–Trinajstić information content (AvgIpc) is 2.94. The van der Waals surface area contributed by atoms with Gasteiger partial charge in [0.05, 0.1) is 12.6 Å². The number of nitrogens with zero attached hydrogens (tertiary/aromatic N) is 4. The van der Waals surface area contributed by atoms with E-state index in [-0.39, 0.29) is 0 Å². The molecule has 2 unspecified atom stereocenters. The van der Waals surface area contributed by atoms with Crippen LogP contribution in [-0.4, -0.2) is 103 Å². The molecule has 2 atom stereocenters. The molecular formula is C28H60N6OS3. The number of thiol groups is 1. The topological polar surface area (TPSA) is 64.5 Å². The predicted molar refractivity (Wildman–Crippen MR) is 179 cm³/mol. The van der Waals surface area contributed by atoms with Gasteiger partial charge in [-0.3, -0.25) is 9.98 Å². The lowest BCUT2D eigenvalue weighted by atomic mass is 9.98. The Hall–Kier alpha value is -0.450. The molecule has 0 amide bonds. The SMILES string of the molecule is CC.CC(C)C.CS.CSC(C)(C)CC1CCN2CCCN=C2N1.CSOCC1CCN2CCCN=C2N1. The van der Waals surface area contributed by atoms with Crippen molar-refractivity contribution in [2.45, 2.75) is 97.4 Å². The summed E-state index contributed by atoms with van der Waals surface area (Å²) in [6.07, 6.45) is 11.9. The molecule has 0 radical (unpaired) electrons. The molecule has 0 aliphatic carbocycles. The van der Waals surface area contributed by atoms with Crippen LogP contribution in [-0.2, 0) is 4.18 Å². The van der Waals surface area contributed by atoms with Crippen molar-refractivity contribution in [2.75, 3.05) is 64.6 Å². The first-order valence-electron chi connectivity index (χ1n) is 14.5. The normalized spacial score (nSPS) is 21.9. The van der Waals surface area contributed by atoms with Crippen molar-refractivity contribution in [3.8, 4) is 0 Å². The zero-order chi connectivity index (χ0) is 29.0. The Morgan fingerprint density at radius 2 is 1.34 bits per heavy atom. The highest BCUT2D eigenvalue weighted by atomic mass is 32.2. The Bertz CT molecular complexity index is 645. The molecule has 38 heavy (non-hydrogen) atoms. The summed E-state index contributed by atoms with van der Waals surface area (Å²) in [7, 11) is 0. The fraction of sp³-hybridized carbons (Fsp3) is 0.929. The van der Waals surface area contributed by atoms with Gasteiger partial charge in [-0.05, 0) is 62.6 Å². The highest BCUT2D eigenvalue weighted by molar-refractivity contribution is 7.99. The van der Waals surface area contributed by atoms with Crippen LogP contribution in [0.5, 0.6) is 0 Å². The van der Waals surface area contributed by atoms with Crippen LogP contribution in [0.4, 0.5) is 0 Å². The Kier molecular flexibility index (Phi) is 22.0. The van der Waals surface area contributed by atoms with E-state index < -0.39 is 0 Å². The van der Waals surface area contributed by atoms with Crippen molar-refractivity contribution < 1.29 is 4.18 Å². The number of fused-ring (bicyclic) bond motifs is 2. The number of thioether (sulfide) groups is 1. The van der Waals surface area contributed by atoms with Crippen LogP contribution in [0.1, 0.15) is 80.6 Å². The fourth-order valence-corrected chi connectivity index (χ4v) is 4.92. The number of nitrogens with one attached hydrogen (secondary N) is 2. The fourth-order valence-electron chi connectivity index (χ4n) is 4.25. The highest BCUT2D eigenvalue weighted by Gasteiger charge is 2.29. The van der Waals surface area contributed by atoms with Gasteiger partial charge in [0.2, 0.25) is 0 Å². The van der Waals surface area contributed by atoms with Gasteiger partial charge in [0, 0.05) is 56.3 Å². The lowest BCUT2D eigenvalue weighted by molar-refractivity contribution is 0.251. The second-order valence-corrected chi connectivity index (χ2v) is 12.8. The van der Waals surface area contributed by atoms with Crippen molar-refractivity contribution >= 4 is 48.4 Å². The molecule has 0 aromatic heterocycles. The van der Waals surface area contributed by atoms with Crippen LogP contribution < -0.4 is 10.6 Å². The Balaban J connectivity index is 0.000000570. The van der Waals surface area contributed by atoms with E-state index in [0.717, 1.165) is 57.0 Å². The van der Waals surface area contributed by atoms with Gasteiger partial charge in [0.15, 0.2) is 11.9 Å². The van der Waals surface area contributed by atoms with Crippen LogP contribution >= 0.6 is 36.4 Å². The van der Waals surface area contributed by atoms with E-state index in [2.05, 4.69) is 83.9 Å². The zero-order valence-electron chi connectivity index (χ0n) is 26.2. The summed E-state index contributed by atoms with van der Waals surface area (Å²) in [5.74, 6) is 3.07. The number of hydrogen-bond donors (Lipinski definition) is 3. The number of rotatable bonds is 6. The molecule has 0 spiro atoms. The van der Waals surface area contributed by atoms with E-state index in [9.17, 15) is 0 Å². The van der Waals surface area contributed by atoms with Crippen LogP contribution in [0.2, 0.25) is 0 Å². The highest BCUT2D eigenvalue weighted by Crippen LogP contribution is 2.28. The van der Waals surface area contributed by atoms with Gasteiger partial charge >= 0.3 is 0 Å². The molecule has 2 N–H and O–H groups in total. The standard InChI is InChI=1S/C12H23N3S.C9H17N3OS.C4H10.C2H6.CH4S/c1-12(2,16-3)9-10-5-8-15-7-4-6-13-11(15)14-10;1-14-13-7-8-3-6-12-5-2-4-10-9(12)11-8;1-4(2)3;2*1-2/h10H,4-9H2,1-3H3,(H,13,14);8H,2-7H2,1H3,(H,10,11);4H,1-3H3;1-2H3;2H,1H3. The monoisotopic (exact) mass is 592 g/mol. The van der Waals surface area contributed by atoms with Crippen LogP contribution in [0, 0.1) is 5.92 Å². The minimum absolute atomic E-state index is 0.370. The summed E-state index contributed by atoms with van der Waals surface area (Å²) in [6.45, 7) is 22.5. The Labute approximate surface area is 250 Å². The number of aliphatic imine (C=N–C) groups is 2. The maximum atomic E-state index is 5.33. The van der Waals surface area contributed by atoms with E-state index in [1.165, 1.54) is 50.8 Å². The molecule has 4 aliphatic heterocycles. The number of hydrogen-bond acceptors (Lipinski definition) is 10. The van der Waals surface area contributed by atoms with E-state index in [1.807, 2.05) is 31.9 Å². The summed E-state index contributed by atoms with van der Waals surface area (Å²) in [4.78, 5) is 13.8. The van der Waals surface area contributed by atoms with Crippen molar-refractivity contribution in [1.82, 2.24) is 20.4 Å². The summed E-state index contributed by atoms with van der Waals surface area (Å²) in [5.41, 5.74) is 0.